The zero-order valence-electron chi connectivity index (χ0n) is 16.0. The summed E-state index contributed by atoms with van der Waals surface area (Å²) in [5.74, 6) is -0.0370. The fraction of sp³-hybridized carbons (Fsp3) is 0.200. The third kappa shape index (κ3) is 4.53. The van der Waals surface area contributed by atoms with Crippen molar-refractivity contribution in [2.45, 2.75) is 31.3 Å². The molecule has 0 saturated carbocycles. The van der Waals surface area contributed by atoms with Gasteiger partial charge in [-0.25, -0.2) is 23.6 Å². The zero-order valence-corrected chi connectivity index (χ0v) is 16.8. The van der Waals surface area contributed by atoms with Gasteiger partial charge in [0.15, 0.2) is 0 Å². The molecule has 3 aromatic rings. The van der Waals surface area contributed by atoms with Crippen LogP contribution in [0, 0.1) is 0 Å². The molecular weight excluding hydrogens is 392 g/mol. The smallest absolute Gasteiger partial charge is 0.267 e. The monoisotopic (exact) mass is 414 g/mol. The number of sulfonamides is 1. The van der Waals surface area contributed by atoms with Gasteiger partial charge in [-0.3, -0.25) is 10.0 Å². The highest BCUT2D eigenvalue weighted by molar-refractivity contribution is 7.89. The van der Waals surface area contributed by atoms with Crippen LogP contribution in [0.15, 0.2) is 59.5 Å². The van der Waals surface area contributed by atoms with Crippen LogP contribution in [-0.4, -0.2) is 29.1 Å². The summed E-state index contributed by atoms with van der Waals surface area (Å²) in [6, 6.07) is 13.1. The van der Waals surface area contributed by atoms with Crippen molar-refractivity contribution in [2.24, 2.45) is 0 Å². The molecule has 0 bridgehead atoms. The molecule has 0 saturated heterocycles. The average Bonchev–Trinajstić information content (AvgIpc) is 3.10. The lowest BCUT2D eigenvalue weighted by atomic mass is 10.2. The maximum Gasteiger partial charge on any atom is 0.267 e. The fourth-order valence-corrected chi connectivity index (χ4v) is 4.32. The van der Waals surface area contributed by atoms with Gasteiger partial charge >= 0.3 is 0 Å². The number of benzene rings is 2. The first-order valence-corrected chi connectivity index (χ1v) is 10.5. The number of hydrogen-bond donors (Lipinski definition) is 3. The van der Waals surface area contributed by atoms with Gasteiger partial charge in [0.2, 0.25) is 10.0 Å². The van der Waals surface area contributed by atoms with Gasteiger partial charge in [0, 0.05) is 12.6 Å². The molecular formula is C20H22N4O4S. The van der Waals surface area contributed by atoms with E-state index in [4.69, 9.17) is 5.21 Å². The molecule has 0 fully saturated rings. The zero-order chi connectivity index (χ0) is 21.0. The van der Waals surface area contributed by atoms with Gasteiger partial charge in [-0.15, -0.1) is 0 Å². The molecule has 8 nitrogen and oxygen atoms in total. The molecule has 3 N–H and O–H groups in total. The number of hydrogen-bond acceptors (Lipinski definition) is 5. The second-order valence-electron chi connectivity index (χ2n) is 6.43. The van der Waals surface area contributed by atoms with Crippen LogP contribution in [0.4, 0.5) is 0 Å². The quantitative estimate of drug-likeness (QED) is 0.312. The number of hydroxylamine groups is 1. The molecule has 29 heavy (non-hydrogen) atoms. The molecule has 152 valence electrons. The lowest BCUT2D eigenvalue weighted by Crippen LogP contribution is -2.28. The molecule has 0 radical (unpaired) electrons. The van der Waals surface area contributed by atoms with Crippen molar-refractivity contribution in [3.8, 4) is 0 Å². The lowest BCUT2D eigenvalue weighted by Gasteiger charge is -2.15. The van der Waals surface area contributed by atoms with Crippen LogP contribution in [0.1, 0.15) is 31.3 Å². The van der Waals surface area contributed by atoms with E-state index in [1.165, 1.54) is 11.6 Å². The van der Waals surface area contributed by atoms with Crippen molar-refractivity contribution >= 4 is 33.0 Å². The SMILES string of the molecule is CCn1c(C(C)NS(=O)(=O)c2ccccc2)nc2cc(C=CC(=O)NO)ccc21. The highest BCUT2D eigenvalue weighted by atomic mass is 32.2. The maximum absolute atomic E-state index is 12.6. The average molecular weight is 414 g/mol. The summed E-state index contributed by atoms with van der Waals surface area (Å²) in [6.45, 7) is 4.33. The number of fused-ring (bicyclic) bond motifs is 1. The predicted molar refractivity (Wildman–Crippen MR) is 110 cm³/mol. The number of rotatable bonds is 7. The van der Waals surface area contributed by atoms with E-state index in [1.54, 1.807) is 49.4 Å². The molecule has 3 rings (SSSR count). The number of carbonyl (C=O) groups excluding carboxylic acids is 1. The van der Waals surface area contributed by atoms with E-state index < -0.39 is 22.0 Å². The topological polar surface area (TPSA) is 113 Å². The summed E-state index contributed by atoms with van der Waals surface area (Å²) in [7, 11) is -3.68. The first-order chi connectivity index (χ1) is 13.9. The number of aryl methyl sites for hydroxylation is 1. The van der Waals surface area contributed by atoms with Crippen LogP contribution in [0.3, 0.4) is 0 Å². The number of nitrogens with zero attached hydrogens (tertiary/aromatic N) is 2. The number of carbonyl (C=O) groups is 1. The summed E-state index contributed by atoms with van der Waals surface area (Å²) in [5.41, 5.74) is 3.80. The van der Waals surface area contributed by atoms with Gasteiger partial charge in [-0.2, -0.15) is 0 Å². The van der Waals surface area contributed by atoms with Crippen LogP contribution >= 0.6 is 0 Å². The van der Waals surface area contributed by atoms with E-state index in [0.717, 1.165) is 11.1 Å². The standard InChI is InChI=1S/C20H22N4O4S/c1-3-24-18-11-9-15(10-12-19(25)22-26)13-17(18)21-20(24)14(2)23-29(27,28)16-7-5-4-6-8-16/h4-14,23,26H,3H2,1-2H3,(H,22,25). The van der Waals surface area contributed by atoms with Crippen LogP contribution < -0.4 is 10.2 Å². The number of nitrogens with one attached hydrogen (secondary N) is 2. The van der Waals surface area contributed by atoms with Gasteiger partial charge in [-0.1, -0.05) is 24.3 Å². The molecule has 0 aliphatic heterocycles. The third-order valence-electron chi connectivity index (χ3n) is 4.43. The minimum absolute atomic E-state index is 0.195. The molecule has 1 atom stereocenters. The van der Waals surface area contributed by atoms with E-state index >= 15 is 0 Å². The van der Waals surface area contributed by atoms with Crippen molar-refractivity contribution in [3.05, 3.63) is 66.0 Å². The first kappa shape index (κ1) is 20.7. The number of imidazole rings is 1. The number of aromatic nitrogens is 2. The Balaban J connectivity index is 1.94. The lowest BCUT2D eigenvalue weighted by molar-refractivity contribution is -0.124. The summed E-state index contributed by atoms with van der Waals surface area (Å²) in [6.07, 6.45) is 2.76. The Kier molecular flexibility index (Phi) is 6.12. The van der Waals surface area contributed by atoms with Crippen molar-refractivity contribution in [3.63, 3.8) is 0 Å². The Hall–Kier alpha value is -3.01. The van der Waals surface area contributed by atoms with Crippen molar-refractivity contribution < 1.29 is 18.4 Å². The highest BCUT2D eigenvalue weighted by Gasteiger charge is 2.22. The Labute approximate surface area is 168 Å². The van der Waals surface area contributed by atoms with Crippen LogP contribution in [-0.2, 0) is 21.4 Å². The molecule has 2 aromatic carbocycles. The first-order valence-electron chi connectivity index (χ1n) is 9.05. The van der Waals surface area contributed by atoms with Gasteiger partial charge in [0.1, 0.15) is 5.82 Å². The van der Waals surface area contributed by atoms with Crippen molar-refractivity contribution in [1.82, 2.24) is 19.8 Å². The predicted octanol–water partition coefficient (Wildman–Crippen LogP) is 2.61. The minimum Gasteiger partial charge on any atom is -0.327 e. The molecule has 1 aromatic heterocycles. The van der Waals surface area contributed by atoms with Crippen LogP contribution in [0.25, 0.3) is 17.1 Å². The summed E-state index contributed by atoms with van der Waals surface area (Å²) in [5, 5.41) is 8.57. The Morgan fingerprint density at radius 1 is 1.24 bits per heavy atom. The molecule has 0 aliphatic carbocycles. The largest absolute Gasteiger partial charge is 0.327 e. The van der Waals surface area contributed by atoms with E-state index in [0.29, 0.717) is 17.9 Å². The van der Waals surface area contributed by atoms with E-state index in [9.17, 15) is 13.2 Å². The van der Waals surface area contributed by atoms with Gasteiger partial charge in [0.25, 0.3) is 5.91 Å². The van der Waals surface area contributed by atoms with Crippen LogP contribution in [0.5, 0.6) is 0 Å². The van der Waals surface area contributed by atoms with E-state index in [-0.39, 0.29) is 4.90 Å². The van der Waals surface area contributed by atoms with Gasteiger partial charge < -0.3 is 4.57 Å². The molecule has 1 amide bonds. The fourth-order valence-electron chi connectivity index (χ4n) is 3.09. The Morgan fingerprint density at radius 3 is 2.62 bits per heavy atom. The molecule has 0 aliphatic rings. The maximum atomic E-state index is 12.6. The summed E-state index contributed by atoms with van der Waals surface area (Å²) < 4.78 is 29.9. The van der Waals surface area contributed by atoms with Crippen molar-refractivity contribution in [2.75, 3.05) is 0 Å². The summed E-state index contributed by atoms with van der Waals surface area (Å²) >= 11 is 0. The van der Waals surface area contributed by atoms with E-state index in [1.807, 2.05) is 23.6 Å². The Morgan fingerprint density at radius 2 is 1.97 bits per heavy atom. The second kappa shape index (κ2) is 8.56. The minimum atomic E-state index is -3.68. The molecule has 1 heterocycles. The third-order valence-corrected chi connectivity index (χ3v) is 5.98. The number of amides is 1. The van der Waals surface area contributed by atoms with Crippen molar-refractivity contribution in [1.29, 1.82) is 0 Å². The highest BCUT2D eigenvalue weighted by Crippen LogP contribution is 2.24. The Bertz CT molecular complexity index is 1150. The van der Waals surface area contributed by atoms with Crippen LogP contribution in [0.2, 0.25) is 0 Å². The molecule has 1 unspecified atom stereocenters. The second-order valence-corrected chi connectivity index (χ2v) is 8.14. The molecule has 0 spiro atoms. The normalized spacial score (nSPS) is 13.1. The summed E-state index contributed by atoms with van der Waals surface area (Å²) in [4.78, 5) is 16.0. The van der Waals surface area contributed by atoms with E-state index in [2.05, 4.69) is 9.71 Å². The molecule has 9 heteroatoms. The van der Waals surface area contributed by atoms with Gasteiger partial charge in [-0.05, 0) is 49.8 Å². The van der Waals surface area contributed by atoms with Gasteiger partial charge in [0.05, 0.1) is 22.0 Å².